The van der Waals surface area contributed by atoms with E-state index in [1.807, 2.05) is 0 Å². The first kappa shape index (κ1) is 23.2. The number of nitrogens with zero attached hydrogens (tertiary/aromatic N) is 2. The average molecular weight is 436 g/mol. The molecule has 2 atom stereocenters. The van der Waals surface area contributed by atoms with Gasteiger partial charge in [0.25, 0.3) is 5.91 Å². The van der Waals surface area contributed by atoms with E-state index in [-0.39, 0.29) is 10.8 Å². The summed E-state index contributed by atoms with van der Waals surface area (Å²) >= 11 is 0. The molecule has 2 heterocycles. The second-order valence-electron chi connectivity index (χ2n) is 9.43. The van der Waals surface area contributed by atoms with Gasteiger partial charge in [0.05, 0.1) is 4.90 Å². The lowest BCUT2D eigenvalue weighted by atomic mass is 9.94. The quantitative estimate of drug-likeness (QED) is 0.668. The van der Waals surface area contributed by atoms with Crippen LogP contribution in [0.1, 0.15) is 56.8 Å². The summed E-state index contributed by atoms with van der Waals surface area (Å²) in [6, 6.07) is 6.35. The second-order valence-corrected chi connectivity index (χ2v) is 11.4. The lowest BCUT2D eigenvalue weighted by molar-refractivity contribution is 0.0950. The molecule has 30 heavy (non-hydrogen) atoms. The fourth-order valence-corrected chi connectivity index (χ4v) is 6.30. The average Bonchev–Trinajstić information content (AvgIpc) is 2.71. The van der Waals surface area contributed by atoms with Crippen LogP contribution in [0.5, 0.6) is 0 Å². The van der Waals surface area contributed by atoms with Crippen molar-refractivity contribution < 1.29 is 13.2 Å². The highest BCUT2D eigenvalue weighted by molar-refractivity contribution is 7.89. The zero-order valence-electron chi connectivity index (χ0n) is 18.6. The number of nitrogens with one attached hydrogen (secondary N) is 1. The normalized spacial score (nSPS) is 24.6. The number of amides is 1. The predicted octanol–water partition coefficient (Wildman–Crippen LogP) is 3.21. The first-order chi connectivity index (χ1) is 14.3. The van der Waals surface area contributed by atoms with Gasteiger partial charge in [0.1, 0.15) is 0 Å². The van der Waals surface area contributed by atoms with E-state index in [4.69, 9.17) is 0 Å². The monoisotopic (exact) mass is 435 g/mol. The molecule has 1 aromatic carbocycles. The molecule has 0 radical (unpaired) electrons. The molecule has 0 aliphatic carbocycles. The number of rotatable bonds is 7. The minimum atomic E-state index is -3.51. The maximum atomic E-state index is 13.0. The molecule has 0 bridgehead atoms. The van der Waals surface area contributed by atoms with Crippen molar-refractivity contribution in [2.45, 2.75) is 51.3 Å². The molecule has 0 spiro atoms. The summed E-state index contributed by atoms with van der Waals surface area (Å²) in [4.78, 5) is 15.1. The van der Waals surface area contributed by atoms with Crippen LogP contribution in [0.25, 0.3) is 0 Å². The SMILES string of the molecule is CC1CCN(CCCNC(=O)c2ccc(S(=O)(=O)N3C[C@@H](C)C[C@H](C)C3)cc2)CC1. The largest absolute Gasteiger partial charge is 0.352 e. The number of benzene rings is 1. The number of sulfonamides is 1. The summed E-state index contributed by atoms with van der Waals surface area (Å²) in [6.07, 6.45) is 4.51. The van der Waals surface area contributed by atoms with Crippen molar-refractivity contribution in [2.75, 3.05) is 39.3 Å². The summed E-state index contributed by atoms with van der Waals surface area (Å²) in [7, 11) is -3.51. The van der Waals surface area contributed by atoms with E-state index < -0.39 is 10.0 Å². The number of piperidine rings is 2. The van der Waals surface area contributed by atoms with Crippen LogP contribution in [-0.4, -0.2) is 62.8 Å². The maximum absolute atomic E-state index is 13.0. The van der Waals surface area contributed by atoms with Crippen LogP contribution in [0.3, 0.4) is 0 Å². The Morgan fingerprint density at radius 2 is 1.60 bits per heavy atom. The number of carbonyl (C=O) groups excluding carboxylic acids is 1. The van der Waals surface area contributed by atoms with Crippen molar-refractivity contribution in [3.8, 4) is 0 Å². The minimum absolute atomic E-state index is 0.147. The molecule has 1 N–H and O–H groups in total. The van der Waals surface area contributed by atoms with Gasteiger partial charge >= 0.3 is 0 Å². The van der Waals surface area contributed by atoms with E-state index >= 15 is 0 Å². The molecule has 2 aliphatic heterocycles. The first-order valence-electron chi connectivity index (χ1n) is 11.4. The highest BCUT2D eigenvalue weighted by Crippen LogP contribution is 2.26. The van der Waals surface area contributed by atoms with Gasteiger partial charge in [-0.15, -0.1) is 0 Å². The van der Waals surface area contributed by atoms with E-state index in [0.29, 0.717) is 37.0 Å². The molecule has 2 saturated heterocycles. The Labute approximate surface area is 182 Å². The van der Waals surface area contributed by atoms with E-state index in [0.717, 1.165) is 38.4 Å². The standard InChI is InChI=1S/C23H37N3O3S/c1-18-9-13-25(14-10-18)12-4-11-24-23(27)21-5-7-22(8-6-21)30(28,29)26-16-19(2)15-20(3)17-26/h5-8,18-20H,4,9-17H2,1-3H3,(H,24,27)/t19-,20-/m0/s1. The topological polar surface area (TPSA) is 69.7 Å². The number of carbonyl (C=O) groups is 1. The third-order valence-corrected chi connectivity index (χ3v) is 8.25. The molecular formula is C23H37N3O3S. The van der Waals surface area contributed by atoms with Crippen LogP contribution in [-0.2, 0) is 10.0 Å². The van der Waals surface area contributed by atoms with Gasteiger partial charge in [-0.3, -0.25) is 4.79 Å². The Bertz CT molecular complexity index is 791. The van der Waals surface area contributed by atoms with Crippen LogP contribution < -0.4 is 5.32 Å². The Morgan fingerprint density at radius 1 is 1.00 bits per heavy atom. The summed E-state index contributed by atoms with van der Waals surface area (Å²) in [5, 5.41) is 2.96. The summed E-state index contributed by atoms with van der Waals surface area (Å²) < 4.78 is 27.5. The van der Waals surface area contributed by atoms with E-state index in [9.17, 15) is 13.2 Å². The van der Waals surface area contributed by atoms with Crippen molar-refractivity contribution in [1.29, 1.82) is 0 Å². The minimum Gasteiger partial charge on any atom is -0.352 e. The van der Waals surface area contributed by atoms with Crippen molar-refractivity contribution >= 4 is 15.9 Å². The zero-order chi connectivity index (χ0) is 21.7. The smallest absolute Gasteiger partial charge is 0.251 e. The van der Waals surface area contributed by atoms with Gasteiger partial charge in [-0.2, -0.15) is 4.31 Å². The molecule has 7 heteroatoms. The molecule has 168 valence electrons. The lowest BCUT2D eigenvalue weighted by Crippen LogP contribution is -2.42. The second kappa shape index (κ2) is 10.2. The molecule has 1 aromatic rings. The van der Waals surface area contributed by atoms with E-state index in [2.05, 4.69) is 31.0 Å². The number of likely N-dealkylation sites (tertiary alicyclic amines) is 1. The molecule has 0 unspecified atom stereocenters. The Morgan fingerprint density at radius 3 is 2.20 bits per heavy atom. The van der Waals surface area contributed by atoms with E-state index in [1.54, 1.807) is 28.6 Å². The van der Waals surface area contributed by atoms with Gasteiger partial charge in [0.2, 0.25) is 10.0 Å². The molecule has 1 amide bonds. The first-order valence-corrected chi connectivity index (χ1v) is 12.8. The van der Waals surface area contributed by atoms with Crippen LogP contribution in [0.15, 0.2) is 29.2 Å². The van der Waals surface area contributed by atoms with Gasteiger partial charge in [-0.1, -0.05) is 20.8 Å². The Kier molecular flexibility index (Phi) is 7.93. The van der Waals surface area contributed by atoms with Crippen molar-refractivity contribution in [2.24, 2.45) is 17.8 Å². The van der Waals surface area contributed by atoms with Crippen LogP contribution >= 0.6 is 0 Å². The van der Waals surface area contributed by atoms with Gasteiger partial charge < -0.3 is 10.2 Å². The van der Waals surface area contributed by atoms with Crippen molar-refractivity contribution in [1.82, 2.24) is 14.5 Å². The van der Waals surface area contributed by atoms with Gasteiger partial charge in [0.15, 0.2) is 0 Å². The highest BCUT2D eigenvalue weighted by Gasteiger charge is 2.31. The molecule has 2 aliphatic rings. The number of hydrogen-bond acceptors (Lipinski definition) is 4. The van der Waals surface area contributed by atoms with Crippen LogP contribution in [0, 0.1) is 17.8 Å². The Balaban J connectivity index is 1.49. The third kappa shape index (κ3) is 6.05. The van der Waals surface area contributed by atoms with Crippen LogP contribution in [0.4, 0.5) is 0 Å². The van der Waals surface area contributed by atoms with Crippen molar-refractivity contribution in [3.05, 3.63) is 29.8 Å². The predicted molar refractivity (Wildman–Crippen MR) is 120 cm³/mol. The Hall–Kier alpha value is -1.44. The molecular weight excluding hydrogens is 398 g/mol. The van der Waals surface area contributed by atoms with Gasteiger partial charge in [0, 0.05) is 25.2 Å². The molecule has 6 nitrogen and oxygen atoms in total. The fraction of sp³-hybridized carbons (Fsp3) is 0.696. The third-order valence-electron chi connectivity index (χ3n) is 6.40. The molecule has 2 fully saturated rings. The van der Waals surface area contributed by atoms with Gasteiger partial charge in [-0.25, -0.2) is 8.42 Å². The summed E-state index contributed by atoms with van der Waals surface area (Å²) in [5.41, 5.74) is 0.501. The summed E-state index contributed by atoms with van der Waals surface area (Å²) in [6.45, 7) is 11.6. The summed E-state index contributed by atoms with van der Waals surface area (Å²) in [5.74, 6) is 1.41. The van der Waals surface area contributed by atoms with Crippen molar-refractivity contribution in [3.63, 3.8) is 0 Å². The number of hydrogen-bond donors (Lipinski definition) is 1. The van der Waals surface area contributed by atoms with Gasteiger partial charge in [-0.05, 0) is 87.3 Å². The molecule has 0 saturated carbocycles. The lowest BCUT2D eigenvalue weighted by Gasteiger charge is -2.34. The molecule has 0 aromatic heterocycles. The van der Waals surface area contributed by atoms with Crippen LogP contribution in [0.2, 0.25) is 0 Å². The zero-order valence-corrected chi connectivity index (χ0v) is 19.5. The highest BCUT2D eigenvalue weighted by atomic mass is 32.2. The van der Waals surface area contributed by atoms with E-state index in [1.165, 1.54) is 12.8 Å². The molecule has 3 rings (SSSR count). The maximum Gasteiger partial charge on any atom is 0.251 e. The fourth-order valence-electron chi connectivity index (χ4n) is 4.62.